The Kier molecular flexibility index (Phi) is 3.64. The molecule has 0 aliphatic heterocycles. The van der Waals surface area contributed by atoms with Gasteiger partial charge in [-0.15, -0.1) is 0 Å². The second-order valence-electron chi connectivity index (χ2n) is 2.12. The van der Waals surface area contributed by atoms with Crippen molar-refractivity contribution in [1.29, 1.82) is 0 Å². The van der Waals surface area contributed by atoms with Crippen LogP contribution in [0.4, 0.5) is 4.39 Å². The summed E-state index contributed by atoms with van der Waals surface area (Å²) in [5.41, 5.74) is 0.119. The molecule has 70 valence electrons. The third-order valence-corrected chi connectivity index (χ3v) is 1.53. The predicted molar refractivity (Wildman–Crippen MR) is 47.7 cm³/mol. The highest BCUT2D eigenvalue weighted by atomic mass is 35.5. The molecule has 5 heteroatoms. The van der Waals surface area contributed by atoms with Crippen LogP contribution in [0.3, 0.4) is 0 Å². The van der Waals surface area contributed by atoms with Crippen LogP contribution in [0.5, 0.6) is 0 Å². The molecule has 0 N–H and O–H groups in total. The van der Waals surface area contributed by atoms with Gasteiger partial charge in [-0.1, -0.05) is 11.6 Å². The number of ether oxygens (including phenoxy) is 1. The van der Waals surface area contributed by atoms with Crippen molar-refractivity contribution in [3.05, 3.63) is 29.3 Å². The van der Waals surface area contributed by atoms with Crippen molar-refractivity contribution in [2.75, 3.05) is 6.61 Å². The Labute approximate surface area is 80.2 Å². The van der Waals surface area contributed by atoms with Crippen molar-refractivity contribution in [1.82, 2.24) is 9.97 Å². The van der Waals surface area contributed by atoms with E-state index in [9.17, 15) is 4.39 Å². The molecule has 0 amide bonds. The van der Waals surface area contributed by atoms with Gasteiger partial charge in [0.2, 0.25) is 0 Å². The van der Waals surface area contributed by atoms with Crippen molar-refractivity contribution in [2.24, 2.45) is 0 Å². The van der Waals surface area contributed by atoms with Gasteiger partial charge in [-0.3, -0.25) is 0 Å². The highest BCUT2D eigenvalue weighted by Crippen LogP contribution is 2.13. The molecular formula is C8H8ClFN2O. The van der Waals surface area contributed by atoms with Crippen molar-refractivity contribution >= 4 is 17.7 Å². The lowest BCUT2D eigenvalue weighted by atomic mass is 10.4. The number of hydrogen-bond acceptors (Lipinski definition) is 3. The van der Waals surface area contributed by atoms with Gasteiger partial charge in [0.1, 0.15) is 12.0 Å². The smallest absolute Gasteiger partial charge is 0.186 e. The van der Waals surface area contributed by atoms with E-state index in [4.69, 9.17) is 16.3 Å². The molecule has 0 aromatic carbocycles. The highest BCUT2D eigenvalue weighted by Gasteiger charge is 2.05. The summed E-state index contributed by atoms with van der Waals surface area (Å²) < 4.78 is 17.9. The van der Waals surface area contributed by atoms with E-state index in [0.717, 1.165) is 0 Å². The van der Waals surface area contributed by atoms with Gasteiger partial charge in [-0.05, 0) is 6.92 Å². The third-order valence-electron chi connectivity index (χ3n) is 1.26. The lowest BCUT2D eigenvalue weighted by molar-refractivity contribution is 0.272. The SMILES string of the molecule is CCOC=Cc1ncnc(Cl)c1F. The van der Waals surface area contributed by atoms with Crippen LogP contribution < -0.4 is 0 Å². The number of hydrogen-bond donors (Lipinski definition) is 0. The van der Waals surface area contributed by atoms with Crippen LogP contribution in [-0.4, -0.2) is 16.6 Å². The van der Waals surface area contributed by atoms with Crippen molar-refractivity contribution in [3.63, 3.8) is 0 Å². The lowest BCUT2D eigenvalue weighted by Gasteiger charge is -1.96. The number of rotatable bonds is 3. The Morgan fingerprint density at radius 2 is 2.38 bits per heavy atom. The Bertz CT molecular complexity index is 317. The topological polar surface area (TPSA) is 35.0 Å². The number of aromatic nitrogens is 2. The van der Waals surface area contributed by atoms with Crippen LogP contribution in [0.2, 0.25) is 5.15 Å². The van der Waals surface area contributed by atoms with E-state index in [2.05, 4.69) is 9.97 Å². The molecule has 0 saturated heterocycles. The molecule has 3 nitrogen and oxygen atoms in total. The van der Waals surface area contributed by atoms with E-state index in [-0.39, 0.29) is 10.8 Å². The van der Waals surface area contributed by atoms with Gasteiger partial charge in [0, 0.05) is 6.08 Å². The molecule has 0 saturated carbocycles. The minimum atomic E-state index is -0.639. The maximum absolute atomic E-state index is 13.1. The van der Waals surface area contributed by atoms with Crippen LogP contribution in [0.1, 0.15) is 12.6 Å². The second kappa shape index (κ2) is 4.77. The average Bonchev–Trinajstić information content (AvgIpc) is 2.13. The zero-order valence-corrected chi connectivity index (χ0v) is 7.75. The summed E-state index contributed by atoms with van der Waals surface area (Å²) >= 11 is 5.43. The average molecular weight is 203 g/mol. The quantitative estimate of drug-likeness (QED) is 0.557. The first-order valence-corrected chi connectivity index (χ1v) is 4.07. The maximum atomic E-state index is 13.1. The molecule has 0 fully saturated rings. The van der Waals surface area contributed by atoms with Gasteiger partial charge < -0.3 is 4.74 Å². The summed E-state index contributed by atoms with van der Waals surface area (Å²) in [4.78, 5) is 7.15. The molecule has 13 heavy (non-hydrogen) atoms. The fourth-order valence-corrected chi connectivity index (χ4v) is 0.826. The van der Waals surface area contributed by atoms with Gasteiger partial charge in [0.25, 0.3) is 0 Å². The monoisotopic (exact) mass is 202 g/mol. The standard InChI is InChI=1S/C8H8ClFN2O/c1-2-13-4-3-6-7(10)8(9)12-5-11-6/h3-5H,2H2,1H3. The molecule has 1 aromatic heterocycles. The van der Waals surface area contributed by atoms with Crippen molar-refractivity contribution in [3.8, 4) is 0 Å². The number of nitrogens with zero attached hydrogens (tertiary/aromatic N) is 2. The maximum Gasteiger partial charge on any atom is 0.186 e. The van der Waals surface area contributed by atoms with Crippen LogP contribution in [0.15, 0.2) is 12.6 Å². The Hall–Kier alpha value is -1.16. The zero-order valence-electron chi connectivity index (χ0n) is 7.00. The fraction of sp³-hybridized carbons (Fsp3) is 0.250. The molecule has 0 bridgehead atoms. The summed E-state index contributed by atoms with van der Waals surface area (Å²) in [5, 5.41) is -0.189. The largest absolute Gasteiger partial charge is 0.501 e. The predicted octanol–water partition coefficient (Wildman–Crippen LogP) is 2.28. The minimum Gasteiger partial charge on any atom is -0.501 e. The fourth-order valence-electron chi connectivity index (χ4n) is 0.686. The Morgan fingerprint density at radius 3 is 3.08 bits per heavy atom. The molecule has 1 heterocycles. The molecule has 1 rings (SSSR count). The molecule has 0 aliphatic carbocycles. The van der Waals surface area contributed by atoms with Gasteiger partial charge in [0.15, 0.2) is 11.0 Å². The summed E-state index contributed by atoms with van der Waals surface area (Å²) in [7, 11) is 0. The van der Waals surface area contributed by atoms with Crippen LogP contribution in [0, 0.1) is 5.82 Å². The molecule has 0 unspecified atom stereocenters. The van der Waals surface area contributed by atoms with Crippen LogP contribution >= 0.6 is 11.6 Å². The molecule has 0 radical (unpaired) electrons. The Morgan fingerprint density at radius 1 is 1.62 bits per heavy atom. The normalized spacial score (nSPS) is 10.7. The van der Waals surface area contributed by atoms with Gasteiger partial charge in [-0.2, -0.15) is 0 Å². The van der Waals surface area contributed by atoms with Crippen molar-refractivity contribution in [2.45, 2.75) is 6.92 Å². The Balaban J connectivity index is 2.83. The van der Waals surface area contributed by atoms with Crippen LogP contribution in [0.25, 0.3) is 6.08 Å². The molecule has 0 spiro atoms. The second-order valence-corrected chi connectivity index (χ2v) is 2.48. The zero-order chi connectivity index (χ0) is 9.68. The van der Waals surface area contributed by atoms with Crippen LogP contribution in [-0.2, 0) is 4.74 Å². The van der Waals surface area contributed by atoms with Gasteiger partial charge in [0.05, 0.1) is 12.9 Å². The van der Waals surface area contributed by atoms with E-state index < -0.39 is 5.82 Å². The molecular weight excluding hydrogens is 195 g/mol. The third kappa shape index (κ3) is 2.66. The molecule has 0 aliphatic rings. The van der Waals surface area contributed by atoms with E-state index >= 15 is 0 Å². The summed E-state index contributed by atoms with van der Waals surface area (Å²) in [6.45, 7) is 2.35. The van der Waals surface area contributed by atoms with E-state index in [1.807, 2.05) is 6.92 Å². The summed E-state index contributed by atoms with van der Waals surface area (Å²) in [5.74, 6) is -0.639. The molecule has 0 atom stereocenters. The van der Waals surface area contributed by atoms with E-state index in [0.29, 0.717) is 6.61 Å². The van der Waals surface area contributed by atoms with Crippen molar-refractivity contribution < 1.29 is 9.13 Å². The summed E-state index contributed by atoms with van der Waals surface area (Å²) in [6.07, 6.45) is 3.95. The number of halogens is 2. The first-order valence-electron chi connectivity index (χ1n) is 3.70. The summed E-state index contributed by atoms with van der Waals surface area (Å²) in [6, 6.07) is 0. The van der Waals surface area contributed by atoms with Gasteiger partial charge in [-0.25, -0.2) is 14.4 Å². The first kappa shape index (κ1) is 9.92. The first-order chi connectivity index (χ1) is 6.25. The van der Waals surface area contributed by atoms with E-state index in [1.54, 1.807) is 0 Å². The van der Waals surface area contributed by atoms with Gasteiger partial charge >= 0.3 is 0 Å². The molecule has 1 aromatic rings. The lowest BCUT2D eigenvalue weighted by Crippen LogP contribution is -1.91. The highest BCUT2D eigenvalue weighted by molar-refractivity contribution is 6.29. The van der Waals surface area contributed by atoms with E-state index in [1.165, 1.54) is 18.7 Å². The minimum absolute atomic E-state index is 0.119.